The monoisotopic (exact) mass is 349 g/mol. The molecule has 2 N–H and O–H groups in total. The Kier molecular flexibility index (Phi) is 5.86. The van der Waals surface area contributed by atoms with Crippen molar-refractivity contribution in [3.8, 4) is 0 Å². The van der Waals surface area contributed by atoms with Crippen molar-refractivity contribution in [1.82, 2.24) is 15.1 Å². The van der Waals surface area contributed by atoms with Crippen LogP contribution in [0.15, 0.2) is 54.6 Å². The van der Waals surface area contributed by atoms with Crippen LogP contribution in [0.5, 0.6) is 0 Å². The second-order valence-corrected chi connectivity index (χ2v) is 6.85. The number of aliphatic hydroxyl groups is 1. The number of rotatable bonds is 7. The Bertz CT molecular complexity index is 838. The third kappa shape index (κ3) is 4.40. The van der Waals surface area contributed by atoms with Gasteiger partial charge in [0.1, 0.15) is 0 Å². The van der Waals surface area contributed by atoms with Crippen molar-refractivity contribution in [1.29, 1.82) is 0 Å². The van der Waals surface area contributed by atoms with E-state index >= 15 is 0 Å². The van der Waals surface area contributed by atoms with Gasteiger partial charge in [0, 0.05) is 24.3 Å². The number of nitrogens with zero attached hydrogens (tertiary/aromatic N) is 2. The fourth-order valence-electron chi connectivity index (χ4n) is 3.14. The predicted octanol–water partition coefficient (Wildman–Crippen LogP) is 3.68. The van der Waals surface area contributed by atoms with Crippen LogP contribution in [0.3, 0.4) is 0 Å². The molecule has 0 bridgehead atoms. The molecule has 1 unspecified atom stereocenters. The standard InChI is InChI=1S/C22H27N3O/c1-16-9-11-20(12-10-16)22(26)14-23-13-21-17(2)24-25(18(21)3)15-19-7-5-4-6-8-19/h4-12,22-23,26H,13-15H2,1-3H3. The quantitative estimate of drug-likeness (QED) is 0.684. The Labute approximate surface area is 155 Å². The van der Waals surface area contributed by atoms with Crippen molar-refractivity contribution >= 4 is 0 Å². The van der Waals surface area contributed by atoms with Gasteiger partial charge < -0.3 is 10.4 Å². The van der Waals surface area contributed by atoms with E-state index in [0.717, 1.165) is 17.8 Å². The summed E-state index contributed by atoms with van der Waals surface area (Å²) in [7, 11) is 0. The molecule has 1 heterocycles. The number of nitrogens with one attached hydrogen (secondary N) is 1. The zero-order chi connectivity index (χ0) is 18.5. The van der Waals surface area contributed by atoms with E-state index in [9.17, 15) is 5.11 Å². The molecule has 0 aliphatic heterocycles. The summed E-state index contributed by atoms with van der Waals surface area (Å²) in [4.78, 5) is 0. The minimum Gasteiger partial charge on any atom is -0.387 e. The molecule has 2 aromatic carbocycles. The highest BCUT2D eigenvalue weighted by atomic mass is 16.3. The summed E-state index contributed by atoms with van der Waals surface area (Å²) >= 11 is 0. The van der Waals surface area contributed by atoms with Crippen LogP contribution >= 0.6 is 0 Å². The maximum absolute atomic E-state index is 10.3. The molecule has 0 aliphatic carbocycles. The normalized spacial score (nSPS) is 12.3. The Morgan fingerprint density at radius 1 is 1.00 bits per heavy atom. The van der Waals surface area contributed by atoms with E-state index in [1.54, 1.807) is 0 Å². The molecule has 0 amide bonds. The van der Waals surface area contributed by atoms with E-state index < -0.39 is 6.10 Å². The van der Waals surface area contributed by atoms with E-state index in [2.05, 4.69) is 46.3 Å². The lowest BCUT2D eigenvalue weighted by atomic mass is 10.1. The van der Waals surface area contributed by atoms with Crippen LogP contribution in [0.25, 0.3) is 0 Å². The van der Waals surface area contributed by atoms with Gasteiger partial charge >= 0.3 is 0 Å². The lowest BCUT2D eigenvalue weighted by Gasteiger charge is -2.13. The first kappa shape index (κ1) is 18.4. The van der Waals surface area contributed by atoms with Gasteiger partial charge in [-0.05, 0) is 31.9 Å². The average Bonchev–Trinajstić information content (AvgIpc) is 2.90. The molecule has 0 fully saturated rings. The number of aryl methyl sites for hydroxylation is 2. The third-order valence-corrected chi connectivity index (χ3v) is 4.81. The van der Waals surface area contributed by atoms with Crippen molar-refractivity contribution in [2.75, 3.05) is 6.54 Å². The van der Waals surface area contributed by atoms with Gasteiger partial charge in [0.2, 0.25) is 0 Å². The third-order valence-electron chi connectivity index (χ3n) is 4.81. The van der Waals surface area contributed by atoms with Crippen LogP contribution in [-0.2, 0) is 13.1 Å². The van der Waals surface area contributed by atoms with Gasteiger partial charge in [-0.2, -0.15) is 5.10 Å². The van der Waals surface area contributed by atoms with Crippen molar-refractivity contribution in [2.45, 2.75) is 40.0 Å². The average molecular weight is 349 g/mol. The fourth-order valence-corrected chi connectivity index (χ4v) is 3.14. The van der Waals surface area contributed by atoms with Gasteiger partial charge in [-0.15, -0.1) is 0 Å². The number of aromatic nitrogens is 2. The smallest absolute Gasteiger partial charge is 0.0914 e. The number of benzene rings is 2. The Hall–Kier alpha value is -2.43. The van der Waals surface area contributed by atoms with E-state index in [4.69, 9.17) is 0 Å². The molecule has 1 aromatic heterocycles. The van der Waals surface area contributed by atoms with Gasteiger partial charge in [-0.25, -0.2) is 0 Å². The Morgan fingerprint density at radius 3 is 2.38 bits per heavy atom. The Balaban J connectivity index is 1.60. The lowest BCUT2D eigenvalue weighted by Crippen LogP contribution is -2.21. The molecule has 4 heteroatoms. The topological polar surface area (TPSA) is 50.1 Å². The number of hydrogen-bond donors (Lipinski definition) is 2. The van der Waals surface area contributed by atoms with Gasteiger partial charge in [0.05, 0.1) is 18.3 Å². The van der Waals surface area contributed by atoms with Gasteiger partial charge in [0.25, 0.3) is 0 Å². The second-order valence-electron chi connectivity index (χ2n) is 6.85. The fraction of sp³-hybridized carbons (Fsp3) is 0.318. The predicted molar refractivity (Wildman–Crippen MR) is 105 cm³/mol. The maximum atomic E-state index is 10.3. The molecule has 0 aliphatic rings. The lowest BCUT2D eigenvalue weighted by molar-refractivity contribution is 0.174. The van der Waals surface area contributed by atoms with Crippen LogP contribution in [0, 0.1) is 20.8 Å². The number of hydrogen-bond acceptors (Lipinski definition) is 3. The minimum absolute atomic E-state index is 0.504. The molecule has 0 spiro atoms. The zero-order valence-electron chi connectivity index (χ0n) is 15.7. The summed E-state index contributed by atoms with van der Waals surface area (Å²) < 4.78 is 2.05. The van der Waals surface area contributed by atoms with Crippen molar-refractivity contribution in [3.05, 3.63) is 88.2 Å². The molecule has 26 heavy (non-hydrogen) atoms. The molecule has 0 saturated carbocycles. The van der Waals surface area contributed by atoms with Crippen molar-refractivity contribution in [2.24, 2.45) is 0 Å². The molecular weight excluding hydrogens is 322 g/mol. The van der Waals surface area contributed by atoms with E-state index in [-0.39, 0.29) is 0 Å². The molecule has 1 atom stereocenters. The highest BCUT2D eigenvalue weighted by molar-refractivity contribution is 5.26. The van der Waals surface area contributed by atoms with Crippen LogP contribution < -0.4 is 5.32 Å². The van der Waals surface area contributed by atoms with E-state index in [0.29, 0.717) is 13.1 Å². The first-order valence-electron chi connectivity index (χ1n) is 9.06. The van der Waals surface area contributed by atoms with Gasteiger partial charge in [0.15, 0.2) is 0 Å². The van der Waals surface area contributed by atoms with E-state index in [1.807, 2.05) is 44.2 Å². The molecule has 0 saturated heterocycles. The summed E-state index contributed by atoms with van der Waals surface area (Å²) in [5.41, 5.74) is 6.80. The number of aliphatic hydroxyl groups excluding tert-OH is 1. The largest absolute Gasteiger partial charge is 0.387 e. The molecule has 3 aromatic rings. The summed E-state index contributed by atoms with van der Waals surface area (Å²) in [5.74, 6) is 0. The van der Waals surface area contributed by atoms with Crippen LogP contribution in [-0.4, -0.2) is 21.4 Å². The highest BCUT2D eigenvalue weighted by Crippen LogP contribution is 2.16. The molecule has 4 nitrogen and oxygen atoms in total. The first-order valence-corrected chi connectivity index (χ1v) is 9.06. The van der Waals surface area contributed by atoms with Gasteiger partial charge in [-0.3, -0.25) is 4.68 Å². The van der Waals surface area contributed by atoms with Gasteiger partial charge in [-0.1, -0.05) is 60.2 Å². The second kappa shape index (κ2) is 8.30. The molecule has 136 valence electrons. The first-order chi connectivity index (χ1) is 12.5. The molecule has 0 radical (unpaired) electrons. The van der Waals surface area contributed by atoms with Crippen LogP contribution in [0.2, 0.25) is 0 Å². The molecular formula is C22H27N3O. The SMILES string of the molecule is Cc1ccc(C(O)CNCc2c(C)nn(Cc3ccccc3)c2C)cc1. The van der Waals surface area contributed by atoms with Crippen LogP contribution in [0.1, 0.15) is 39.7 Å². The summed E-state index contributed by atoms with van der Waals surface area (Å²) in [6.45, 7) is 8.20. The van der Waals surface area contributed by atoms with Crippen molar-refractivity contribution in [3.63, 3.8) is 0 Å². The summed E-state index contributed by atoms with van der Waals surface area (Å²) in [5, 5.41) is 18.4. The zero-order valence-corrected chi connectivity index (χ0v) is 15.7. The Morgan fingerprint density at radius 2 is 1.69 bits per heavy atom. The highest BCUT2D eigenvalue weighted by Gasteiger charge is 2.13. The van der Waals surface area contributed by atoms with E-state index in [1.165, 1.54) is 22.4 Å². The molecule has 3 rings (SSSR count). The van der Waals surface area contributed by atoms with Crippen LogP contribution in [0.4, 0.5) is 0 Å². The maximum Gasteiger partial charge on any atom is 0.0914 e. The summed E-state index contributed by atoms with van der Waals surface area (Å²) in [6, 6.07) is 18.4. The van der Waals surface area contributed by atoms with Crippen molar-refractivity contribution < 1.29 is 5.11 Å². The minimum atomic E-state index is -0.504. The summed E-state index contributed by atoms with van der Waals surface area (Å²) in [6.07, 6.45) is -0.504.